The maximum absolute atomic E-state index is 13.8. The largest absolute Gasteiger partial charge is 0.393 e. The molecule has 2 aliphatic heterocycles. The summed E-state index contributed by atoms with van der Waals surface area (Å²) in [5.74, 6) is -2.23. The molecule has 2 aliphatic rings. The molecule has 0 unspecified atom stereocenters. The van der Waals surface area contributed by atoms with Crippen LogP contribution >= 0.6 is 0 Å². The van der Waals surface area contributed by atoms with Crippen LogP contribution < -0.4 is 0 Å². The van der Waals surface area contributed by atoms with Gasteiger partial charge < -0.3 is 14.7 Å². The van der Waals surface area contributed by atoms with Gasteiger partial charge in [0, 0.05) is 30.7 Å². The minimum absolute atomic E-state index is 0.0705. The Hall–Kier alpha value is -1.53. The number of carbonyl (C=O) groups excluding carboxylic acids is 1. The van der Waals surface area contributed by atoms with Gasteiger partial charge in [0.15, 0.2) is 11.6 Å². The molecule has 0 aromatic heterocycles. The molecule has 3 rings (SSSR count). The highest BCUT2D eigenvalue weighted by molar-refractivity contribution is 5.79. The van der Waals surface area contributed by atoms with E-state index in [1.807, 2.05) is 0 Å². The lowest BCUT2D eigenvalue weighted by molar-refractivity contribution is -0.135. The van der Waals surface area contributed by atoms with Crippen molar-refractivity contribution in [3.63, 3.8) is 0 Å². The predicted octanol–water partition coefficient (Wildman–Crippen LogP) is 1.90. The number of likely N-dealkylation sites (tertiary alicyclic amines) is 1. The lowest BCUT2D eigenvalue weighted by Gasteiger charge is -2.37. The number of carbonyl (C=O) groups is 1. The molecule has 0 bridgehead atoms. The zero-order chi connectivity index (χ0) is 16.4. The fraction of sp³-hybridized carbons (Fsp3) is 0.588. The number of rotatable bonds is 3. The van der Waals surface area contributed by atoms with Gasteiger partial charge in [0.2, 0.25) is 5.91 Å². The average Bonchev–Trinajstić information content (AvgIpc) is 3.02. The quantitative estimate of drug-likeness (QED) is 0.923. The van der Waals surface area contributed by atoms with Crippen molar-refractivity contribution in [3.8, 4) is 0 Å². The van der Waals surface area contributed by atoms with Crippen LogP contribution in [0, 0.1) is 17.6 Å². The van der Waals surface area contributed by atoms with Crippen molar-refractivity contribution in [1.29, 1.82) is 0 Å². The van der Waals surface area contributed by atoms with Gasteiger partial charge in [-0.05, 0) is 25.3 Å². The third-order valence-electron chi connectivity index (χ3n) is 4.85. The highest BCUT2D eigenvalue weighted by atomic mass is 19.2. The zero-order valence-electron chi connectivity index (χ0n) is 12.9. The van der Waals surface area contributed by atoms with Crippen molar-refractivity contribution in [1.82, 2.24) is 4.90 Å². The van der Waals surface area contributed by atoms with Gasteiger partial charge in [-0.2, -0.15) is 0 Å². The van der Waals surface area contributed by atoms with Crippen molar-refractivity contribution < 1.29 is 23.4 Å². The molecule has 0 aliphatic carbocycles. The van der Waals surface area contributed by atoms with Gasteiger partial charge in [0.1, 0.15) is 0 Å². The first-order valence-corrected chi connectivity index (χ1v) is 8.06. The molecule has 1 aromatic rings. The van der Waals surface area contributed by atoms with E-state index < -0.39 is 17.7 Å². The summed E-state index contributed by atoms with van der Waals surface area (Å²) in [5, 5.41) is 10.2. The molecule has 1 N–H and O–H groups in total. The van der Waals surface area contributed by atoms with Crippen LogP contribution in [0.5, 0.6) is 0 Å². The smallest absolute Gasteiger partial charge is 0.227 e. The third kappa shape index (κ3) is 3.38. The minimum atomic E-state index is -0.961. The maximum atomic E-state index is 13.8. The molecular formula is C17H21F2NO3. The van der Waals surface area contributed by atoms with Crippen molar-refractivity contribution in [2.45, 2.75) is 37.8 Å². The van der Waals surface area contributed by atoms with E-state index in [9.17, 15) is 18.7 Å². The number of ether oxygens (including phenoxy) is 1. The van der Waals surface area contributed by atoms with Gasteiger partial charge in [-0.1, -0.05) is 12.1 Å². The van der Waals surface area contributed by atoms with Crippen LogP contribution in [0.25, 0.3) is 0 Å². The van der Waals surface area contributed by atoms with Crippen molar-refractivity contribution >= 4 is 5.91 Å². The SMILES string of the molecule is O=C(Cc1cccc(F)c1F)N1CCC[C@@H]1[C@@H]1COCC[C@H]1O. The summed E-state index contributed by atoms with van der Waals surface area (Å²) in [6.45, 7) is 1.56. The Labute approximate surface area is 134 Å². The first-order valence-electron chi connectivity index (χ1n) is 8.06. The lowest BCUT2D eigenvalue weighted by atomic mass is 9.89. The Kier molecular flexibility index (Phi) is 4.92. The zero-order valence-corrected chi connectivity index (χ0v) is 12.9. The summed E-state index contributed by atoms with van der Waals surface area (Å²) in [6, 6.07) is 3.79. The van der Waals surface area contributed by atoms with Crippen LogP contribution in [-0.2, 0) is 16.0 Å². The van der Waals surface area contributed by atoms with Gasteiger partial charge in [-0.15, -0.1) is 0 Å². The Bertz CT molecular complexity index is 581. The Morgan fingerprint density at radius 1 is 1.35 bits per heavy atom. The normalized spacial score (nSPS) is 28.1. The van der Waals surface area contributed by atoms with Gasteiger partial charge >= 0.3 is 0 Å². The number of amides is 1. The second-order valence-electron chi connectivity index (χ2n) is 6.28. The standard InChI is InChI=1S/C17H21F2NO3/c18-13-4-1-3-11(17(13)19)9-16(22)20-7-2-5-14(20)12-10-23-8-6-15(12)21/h1,3-4,12,14-15,21H,2,5-10H2/t12-,14+,15+/m0/s1. The number of halogens is 2. The number of aliphatic hydroxyl groups is 1. The molecule has 2 heterocycles. The molecule has 2 fully saturated rings. The average molecular weight is 325 g/mol. The second kappa shape index (κ2) is 6.93. The fourth-order valence-electron chi connectivity index (χ4n) is 3.61. The Morgan fingerprint density at radius 3 is 2.96 bits per heavy atom. The molecule has 0 radical (unpaired) electrons. The van der Waals surface area contributed by atoms with Crippen LogP contribution in [-0.4, -0.2) is 47.8 Å². The molecule has 23 heavy (non-hydrogen) atoms. The van der Waals surface area contributed by atoms with Gasteiger partial charge in [-0.25, -0.2) is 8.78 Å². The van der Waals surface area contributed by atoms with Crippen LogP contribution in [0.1, 0.15) is 24.8 Å². The molecule has 126 valence electrons. The summed E-state index contributed by atoms with van der Waals surface area (Å²) in [7, 11) is 0. The Balaban J connectivity index is 1.72. The van der Waals surface area contributed by atoms with Crippen molar-refractivity contribution in [2.75, 3.05) is 19.8 Å². The van der Waals surface area contributed by atoms with E-state index in [-0.39, 0.29) is 29.9 Å². The van der Waals surface area contributed by atoms with Gasteiger partial charge in [0.25, 0.3) is 0 Å². The van der Waals surface area contributed by atoms with E-state index in [0.717, 1.165) is 18.9 Å². The van der Waals surface area contributed by atoms with Crippen molar-refractivity contribution in [2.24, 2.45) is 5.92 Å². The number of nitrogens with zero attached hydrogens (tertiary/aromatic N) is 1. The number of hydrogen-bond donors (Lipinski definition) is 1. The number of aliphatic hydroxyl groups excluding tert-OH is 1. The van der Waals surface area contributed by atoms with E-state index in [0.29, 0.717) is 26.2 Å². The van der Waals surface area contributed by atoms with E-state index in [4.69, 9.17) is 4.74 Å². The van der Waals surface area contributed by atoms with Crippen molar-refractivity contribution in [3.05, 3.63) is 35.4 Å². The third-order valence-corrected chi connectivity index (χ3v) is 4.85. The maximum Gasteiger partial charge on any atom is 0.227 e. The summed E-state index contributed by atoms with van der Waals surface area (Å²) in [4.78, 5) is 14.3. The highest BCUT2D eigenvalue weighted by Gasteiger charge is 2.39. The van der Waals surface area contributed by atoms with E-state index >= 15 is 0 Å². The molecule has 4 nitrogen and oxygen atoms in total. The molecular weight excluding hydrogens is 304 g/mol. The fourth-order valence-corrected chi connectivity index (χ4v) is 3.61. The van der Waals surface area contributed by atoms with E-state index in [1.165, 1.54) is 12.1 Å². The topological polar surface area (TPSA) is 49.8 Å². The number of hydrogen-bond acceptors (Lipinski definition) is 3. The van der Waals surface area contributed by atoms with Gasteiger partial charge in [0.05, 0.1) is 19.1 Å². The van der Waals surface area contributed by atoms with Crippen LogP contribution in [0.2, 0.25) is 0 Å². The summed E-state index contributed by atoms with van der Waals surface area (Å²) in [5.41, 5.74) is 0.0705. The van der Waals surface area contributed by atoms with Crippen LogP contribution in [0.4, 0.5) is 8.78 Å². The molecule has 3 atom stereocenters. The highest BCUT2D eigenvalue weighted by Crippen LogP contribution is 2.30. The molecule has 6 heteroatoms. The summed E-state index contributed by atoms with van der Waals surface area (Å²) in [6.07, 6.45) is 1.59. The number of benzene rings is 1. The Morgan fingerprint density at radius 2 is 2.17 bits per heavy atom. The van der Waals surface area contributed by atoms with Crippen LogP contribution in [0.3, 0.4) is 0 Å². The molecule has 1 aromatic carbocycles. The van der Waals surface area contributed by atoms with E-state index in [2.05, 4.69) is 0 Å². The molecule has 0 saturated carbocycles. The summed E-state index contributed by atoms with van der Waals surface area (Å²) < 4.78 is 32.5. The van der Waals surface area contributed by atoms with Gasteiger partial charge in [-0.3, -0.25) is 4.79 Å². The molecule has 1 amide bonds. The van der Waals surface area contributed by atoms with Crippen LogP contribution in [0.15, 0.2) is 18.2 Å². The first kappa shape index (κ1) is 16.3. The molecule has 2 saturated heterocycles. The lowest BCUT2D eigenvalue weighted by Crippen LogP contribution is -2.48. The monoisotopic (exact) mass is 325 g/mol. The van der Waals surface area contributed by atoms with E-state index in [1.54, 1.807) is 4.90 Å². The first-order chi connectivity index (χ1) is 11.1. The predicted molar refractivity (Wildman–Crippen MR) is 79.7 cm³/mol. The molecule has 0 spiro atoms. The second-order valence-corrected chi connectivity index (χ2v) is 6.28. The minimum Gasteiger partial charge on any atom is -0.393 e. The summed E-state index contributed by atoms with van der Waals surface area (Å²) >= 11 is 0.